The summed E-state index contributed by atoms with van der Waals surface area (Å²) in [5.74, 6) is 0.187. The quantitative estimate of drug-likeness (QED) is 0.185. The number of H-pyrrole nitrogens is 3. The fourth-order valence-corrected chi connectivity index (χ4v) is 6.24. The Balaban J connectivity index is 0.000000307. The molecule has 248 valence electrons. The van der Waals surface area contributed by atoms with Gasteiger partial charge >= 0.3 is 11.4 Å². The number of carbonyl (C=O) groups is 1. The number of benzene rings is 2. The highest BCUT2D eigenvalue weighted by Gasteiger charge is 2.27. The van der Waals surface area contributed by atoms with Crippen molar-refractivity contribution in [1.29, 1.82) is 0 Å². The summed E-state index contributed by atoms with van der Waals surface area (Å²) in [4.78, 5) is 79.2. The lowest BCUT2D eigenvalue weighted by Gasteiger charge is -2.32. The first kappa shape index (κ1) is 32.9. The first-order valence-electron chi connectivity index (χ1n) is 14.9. The van der Waals surface area contributed by atoms with Gasteiger partial charge in [-0.1, -0.05) is 57.9 Å². The molecule has 1 aliphatic rings. The second-order valence-electron chi connectivity index (χ2n) is 11.3. The normalized spacial score (nSPS) is 14.7. The summed E-state index contributed by atoms with van der Waals surface area (Å²) in [6, 6.07) is 14.2. The Morgan fingerprint density at radius 2 is 1.88 bits per heavy atom. The predicted molar refractivity (Wildman–Crippen MR) is 185 cm³/mol. The number of hydrogen-bond donors (Lipinski definition) is 4. The lowest BCUT2D eigenvalue weighted by atomic mass is 10.1. The number of hydrogen-bond acceptors (Lipinski definition) is 9. The van der Waals surface area contributed by atoms with Crippen molar-refractivity contribution < 1.29 is 4.79 Å². The maximum atomic E-state index is 13.8. The number of nitrogens with zero attached hydrogens (tertiary/aromatic N) is 6. The van der Waals surface area contributed by atoms with Gasteiger partial charge in [0.1, 0.15) is 5.52 Å². The summed E-state index contributed by atoms with van der Waals surface area (Å²) < 4.78 is 5.01. The summed E-state index contributed by atoms with van der Waals surface area (Å²) in [6.07, 6.45) is 3.16. The molecule has 2 aromatic carbocycles. The maximum absolute atomic E-state index is 13.8. The number of anilines is 1. The number of fused-ring (bicyclic) bond motifs is 2. The van der Waals surface area contributed by atoms with Crippen molar-refractivity contribution in [2.24, 2.45) is 12.8 Å². The average Bonchev–Trinajstić information content (AvgIpc) is 3.69. The Morgan fingerprint density at radius 3 is 2.62 bits per heavy atom. The zero-order valence-electron chi connectivity index (χ0n) is 25.6. The molecule has 1 fully saturated rings. The van der Waals surface area contributed by atoms with Crippen LogP contribution in [-0.4, -0.2) is 63.5 Å². The van der Waals surface area contributed by atoms with Gasteiger partial charge in [0, 0.05) is 41.2 Å². The smallest absolute Gasteiger partial charge is 0.332 e. The standard InChI is InChI=1S/C26H26BrClN6O3.C5H4N4O2/c1-31-23-22(24(36)34(26(31)37)15-21(35)16-7-4-8-18(28)12-16)33(13-17-6-2-3-10-20(17)27)25(30-23)32-11-5-9-19(29)14-32;10-4-2-3(7-1-6-2)8-5(11)9-4/h2-4,6-8,10,12,19H,5,9,11,13-15,29H2,1H3;1H,(H3,6,7,8,9,10,11). The van der Waals surface area contributed by atoms with Crippen LogP contribution in [0.3, 0.4) is 0 Å². The topological polar surface area (TPSA) is 203 Å². The highest BCUT2D eigenvalue weighted by atomic mass is 79.9. The number of carbonyl (C=O) groups excluding carboxylic acids is 1. The molecular weight excluding hydrogens is 708 g/mol. The Kier molecular flexibility index (Phi) is 9.30. The fraction of sp³-hybridized carbons (Fsp3) is 0.258. The molecule has 0 saturated carbocycles. The number of ketones is 1. The molecule has 0 amide bonds. The number of halogens is 2. The minimum atomic E-state index is -0.611. The first-order chi connectivity index (χ1) is 23.0. The second-order valence-corrected chi connectivity index (χ2v) is 12.6. The summed E-state index contributed by atoms with van der Waals surface area (Å²) >= 11 is 9.64. The third-order valence-electron chi connectivity index (χ3n) is 8.01. The molecule has 5 N–H and O–H groups in total. The van der Waals surface area contributed by atoms with Crippen molar-refractivity contribution in [1.82, 2.24) is 38.6 Å². The van der Waals surface area contributed by atoms with E-state index in [9.17, 15) is 24.0 Å². The van der Waals surface area contributed by atoms with Gasteiger partial charge in [-0.05, 0) is 36.6 Å². The summed E-state index contributed by atoms with van der Waals surface area (Å²) in [6.45, 7) is 1.26. The van der Waals surface area contributed by atoms with Gasteiger partial charge in [0.15, 0.2) is 22.6 Å². The average molecular weight is 738 g/mol. The highest BCUT2D eigenvalue weighted by Crippen LogP contribution is 2.26. The number of imidazole rings is 2. The van der Waals surface area contributed by atoms with E-state index < -0.39 is 29.0 Å². The SMILES string of the molecule is Cn1c(=O)n(CC(=O)c2cccc(Cl)c2)c(=O)c2c1nc(N1CCCC(N)C1)n2Cc1ccccc1Br.O=c1[nH]c(=O)c2[nH]cnc2[nH]1. The molecular formula is C31H30BrClN10O5. The molecule has 7 rings (SSSR count). The van der Waals surface area contributed by atoms with Crippen molar-refractivity contribution in [3.8, 4) is 0 Å². The van der Waals surface area contributed by atoms with E-state index in [1.807, 2.05) is 28.8 Å². The van der Waals surface area contributed by atoms with Gasteiger partial charge in [0.25, 0.3) is 11.1 Å². The summed E-state index contributed by atoms with van der Waals surface area (Å²) in [7, 11) is 1.56. The van der Waals surface area contributed by atoms with Crippen LogP contribution in [-0.2, 0) is 20.1 Å². The van der Waals surface area contributed by atoms with Crippen molar-refractivity contribution in [3.05, 3.63) is 117 Å². The zero-order chi connectivity index (χ0) is 34.1. The van der Waals surface area contributed by atoms with E-state index in [1.165, 1.54) is 17.0 Å². The minimum Gasteiger partial charge on any atom is -0.341 e. The van der Waals surface area contributed by atoms with Crippen molar-refractivity contribution >= 4 is 61.6 Å². The lowest BCUT2D eigenvalue weighted by molar-refractivity contribution is 0.0969. The molecule has 1 unspecified atom stereocenters. The van der Waals surface area contributed by atoms with Gasteiger partial charge in [0.2, 0.25) is 5.95 Å². The molecule has 5 heterocycles. The van der Waals surface area contributed by atoms with E-state index in [0.717, 1.165) is 34.0 Å². The van der Waals surface area contributed by atoms with Gasteiger partial charge in [-0.2, -0.15) is 4.98 Å². The molecule has 15 nitrogen and oxygen atoms in total. The van der Waals surface area contributed by atoms with E-state index in [1.54, 1.807) is 25.2 Å². The Hall–Kier alpha value is -5.06. The highest BCUT2D eigenvalue weighted by molar-refractivity contribution is 9.10. The van der Waals surface area contributed by atoms with Crippen molar-refractivity contribution in [3.63, 3.8) is 0 Å². The van der Waals surface area contributed by atoms with E-state index in [-0.39, 0.29) is 34.2 Å². The van der Waals surface area contributed by atoms with E-state index in [0.29, 0.717) is 29.6 Å². The lowest BCUT2D eigenvalue weighted by Crippen LogP contribution is -2.44. The van der Waals surface area contributed by atoms with Crippen LogP contribution in [0.25, 0.3) is 22.3 Å². The number of nitrogens with two attached hydrogens (primary N) is 1. The van der Waals surface area contributed by atoms with E-state index in [4.69, 9.17) is 22.3 Å². The monoisotopic (exact) mass is 736 g/mol. The molecule has 0 aliphatic carbocycles. The van der Waals surface area contributed by atoms with Crippen molar-refractivity contribution in [2.45, 2.75) is 32.0 Å². The molecule has 6 aromatic rings. The van der Waals surface area contributed by atoms with E-state index in [2.05, 4.69) is 40.8 Å². The molecule has 0 spiro atoms. The van der Waals surface area contributed by atoms with Crippen LogP contribution in [0.4, 0.5) is 5.95 Å². The molecule has 1 saturated heterocycles. The third kappa shape index (κ3) is 6.54. The number of aromatic nitrogens is 8. The molecule has 0 radical (unpaired) electrons. The van der Waals surface area contributed by atoms with Crippen LogP contribution in [0.5, 0.6) is 0 Å². The number of piperidine rings is 1. The molecule has 4 aromatic heterocycles. The van der Waals surface area contributed by atoms with Gasteiger partial charge in [0.05, 0.1) is 19.4 Å². The maximum Gasteiger partial charge on any atom is 0.332 e. The number of rotatable bonds is 6. The van der Waals surface area contributed by atoms with Gasteiger partial charge in [-0.25, -0.2) is 14.6 Å². The summed E-state index contributed by atoms with van der Waals surface area (Å²) in [5, 5.41) is 0.400. The first-order valence-corrected chi connectivity index (χ1v) is 16.1. The minimum absolute atomic E-state index is 0.0127. The van der Waals surface area contributed by atoms with Crippen LogP contribution in [0.15, 0.2) is 78.5 Å². The van der Waals surface area contributed by atoms with Gasteiger partial charge < -0.3 is 15.6 Å². The zero-order valence-corrected chi connectivity index (χ0v) is 27.9. The largest absolute Gasteiger partial charge is 0.341 e. The number of Topliss-reactive ketones (excluding diaryl/α,β-unsaturated/α-hetero) is 1. The predicted octanol–water partition coefficient (Wildman–Crippen LogP) is 2.11. The fourth-order valence-electron chi connectivity index (χ4n) is 5.64. The van der Waals surface area contributed by atoms with Crippen LogP contribution in [0.2, 0.25) is 5.02 Å². The number of aromatic amines is 3. The van der Waals surface area contributed by atoms with E-state index >= 15 is 0 Å². The number of nitrogens with one attached hydrogen (secondary N) is 3. The van der Waals surface area contributed by atoms with Crippen LogP contribution >= 0.6 is 27.5 Å². The molecule has 48 heavy (non-hydrogen) atoms. The third-order valence-corrected chi connectivity index (χ3v) is 9.02. The summed E-state index contributed by atoms with van der Waals surface area (Å²) in [5.41, 5.74) is 6.42. The number of aryl methyl sites for hydroxylation is 1. The molecule has 1 atom stereocenters. The van der Waals surface area contributed by atoms with Crippen LogP contribution in [0.1, 0.15) is 28.8 Å². The Bertz CT molecular complexity index is 2410. The van der Waals surface area contributed by atoms with Crippen LogP contribution < -0.4 is 33.1 Å². The Morgan fingerprint density at radius 1 is 1.08 bits per heavy atom. The van der Waals surface area contributed by atoms with Crippen LogP contribution in [0, 0.1) is 0 Å². The van der Waals surface area contributed by atoms with Gasteiger partial charge in [-0.3, -0.25) is 38.1 Å². The second kappa shape index (κ2) is 13.6. The van der Waals surface area contributed by atoms with Crippen molar-refractivity contribution in [2.75, 3.05) is 18.0 Å². The Labute approximate surface area is 284 Å². The van der Waals surface area contributed by atoms with Gasteiger partial charge in [-0.15, -0.1) is 0 Å². The molecule has 0 bridgehead atoms. The molecule has 17 heteroatoms. The molecule has 1 aliphatic heterocycles.